The molecule has 3 heterocycles. The van der Waals surface area contributed by atoms with Gasteiger partial charge in [0.15, 0.2) is 6.61 Å². The van der Waals surface area contributed by atoms with Crippen molar-refractivity contribution in [2.45, 2.75) is 46.0 Å². The van der Waals surface area contributed by atoms with Crippen LogP contribution in [-0.2, 0) is 11.2 Å². The maximum Gasteiger partial charge on any atom is 0.276 e. The Kier molecular flexibility index (Phi) is 7.34. The van der Waals surface area contributed by atoms with Crippen LogP contribution in [0.5, 0.6) is 5.75 Å². The molecule has 1 saturated heterocycles. The summed E-state index contributed by atoms with van der Waals surface area (Å²) in [7, 11) is 0. The van der Waals surface area contributed by atoms with Crippen LogP contribution in [0.1, 0.15) is 57.3 Å². The normalized spacial score (nSPS) is 14.3. The van der Waals surface area contributed by atoms with E-state index in [1.807, 2.05) is 43.9 Å². The largest absolute Gasteiger partial charge is 0.484 e. The van der Waals surface area contributed by atoms with Crippen LogP contribution in [0.2, 0.25) is 0 Å². The molecule has 8 nitrogen and oxygen atoms in total. The summed E-state index contributed by atoms with van der Waals surface area (Å²) in [4.78, 5) is 31.5. The quantitative estimate of drug-likeness (QED) is 0.538. The molecule has 0 spiro atoms. The first-order chi connectivity index (χ1) is 15.9. The molecule has 0 bridgehead atoms. The van der Waals surface area contributed by atoms with E-state index in [2.05, 4.69) is 20.5 Å². The highest BCUT2D eigenvalue weighted by atomic mass is 32.1. The van der Waals surface area contributed by atoms with Gasteiger partial charge >= 0.3 is 0 Å². The van der Waals surface area contributed by atoms with Crippen LogP contribution in [-0.4, -0.2) is 51.6 Å². The van der Waals surface area contributed by atoms with E-state index in [-0.39, 0.29) is 24.3 Å². The fourth-order valence-electron chi connectivity index (χ4n) is 3.60. The smallest absolute Gasteiger partial charge is 0.276 e. The third kappa shape index (κ3) is 5.75. The van der Waals surface area contributed by atoms with Crippen LogP contribution in [0.15, 0.2) is 23.6 Å². The number of piperidine rings is 1. The van der Waals surface area contributed by atoms with Crippen molar-refractivity contribution in [1.29, 1.82) is 0 Å². The zero-order chi connectivity index (χ0) is 23.4. The number of likely N-dealkylation sites (tertiary alicyclic amines) is 1. The van der Waals surface area contributed by atoms with Gasteiger partial charge in [-0.3, -0.25) is 14.9 Å². The average molecular weight is 486 g/mol. The van der Waals surface area contributed by atoms with Crippen molar-refractivity contribution >= 4 is 39.6 Å². The molecule has 1 fully saturated rings. The molecule has 1 aromatic carbocycles. The minimum Gasteiger partial charge on any atom is -0.484 e. The van der Waals surface area contributed by atoms with Crippen LogP contribution >= 0.6 is 22.7 Å². The molecule has 10 heteroatoms. The Hall–Kier alpha value is -2.85. The molecule has 1 N–H and O–H groups in total. The molecule has 2 amide bonds. The number of amides is 2. The van der Waals surface area contributed by atoms with Gasteiger partial charge < -0.3 is 9.64 Å². The van der Waals surface area contributed by atoms with Crippen LogP contribution < -0.4 is 10.1 Å². The number of ether oxygens (including phenoxy) is 1. The SMILES string of the molecule is CCc1nnc(NC(=O)c2csc(C3CCN(C(=O)COc4ccc(C)c(C)c4)CC3)n2)s1. The van der Waals surface area contributed by atoms with Crippen molar-refractivity contribution in [3.63, 3.8) is 0 Å². The first-order valence-corrected chi connectivity index (χ1v) is 12.7. The van der Waals surface area contributed by atoms with Crippen LogP contribution in [0.3, 0.4) is 0 Å². The van der Waals surface area contributed by atoms with Crippen molar-refractivity contribution in [1.82, 2.24) is 20.1 Å². The Balaban J connectivity index is 1.26. The number of aryl methyl sites for hydroxylation is 3. The van der Waals surface area contributed by atoms with Crippen molar-refractivity contribution in [3.05, 3.63) is 50.4 Å². The van der Waals surface area contributed by atoms with Crippen molar-refractivity contribution in [3.8, 4) is 5.75 Å². The van der Waals surface area contributed by atoms with Crippen LogP contribution in [0.4, 0.5) is 5.13 Å². The number of carbonyl (C=O) groups is 2. The lowest BCUT2D eigenvalue weighted by atomic mass is 9.97. The summed E-state index contributed by atoms with van der Waals surface area (Å²) in [6.07, 6.45) is 2.42. The number of thiazole rings is 1. The molecule has 0 aliphatic carbocycles. The van der Waals surface area contributed by atoms with Crippen LogP contribution in [0, 0.1) is 13.8 Å². The molecular weight excluding hydrogens is 458 g/mol. The second-order valence-electron chi connectivity index (χ2n) is 8.07. The summed E-state index contributed by atoms with van der Waals surface area (Å²) in [6, 6.07) is 5.85. The summed E-state index contributed by atoms with van der Waals surface area (Å²) < 4.78 is 5.70. The number of anilines is 1. The van der Waals surface area contributed by atoms with E-state index < -0.39 is 0 Å². The average Bonchev–Trinajstić information content (AvgIpc) is 3.49. The molecule has 0 saturated carbocycles. The Morgan fingerprint density at radius 3 is 2.67 bits per heavy atom. The summed E-state index contributed by atoms with van der Waals surface area (Å²) in [5.74, 6) is 0.686. The van der Waals surface area contributed by atoms with E-state index in [9.17, 15) is 9.59 Å². The lowest BCUT2D eigenvalue weighted by Crippen LogP contribution is -2.40. The maximum atomic E-state index is 12.6. The molecule has 2 aromatic heterocycles. The highest BCUT2D eigenvalue weighted by molar-refractivity contribution is 7.15. The predicted octanol–water partition coefficient (Wildman–Crippen LogP) is 4.21. The zero-order valence-corrected chi connectivity index (χ0v) is 20.6. The number of nitrogens with one attached hydrogen (secondary N) is 1. The first kappa shape index (κ1) is 23.3. The number of hydrogen-bond acceptors (Lipinski definition) is 8. The molecule has 4 rings (SSSR count). The summed E-state index contributed by atoms with van der Waals surface area (Å²) in [5, 5.41) is 14.8. The first-order valence-electron chi connectivity index (χ1n) is 11.0. The van der Waals surface area contributed by atoms with Crippen LogP contribution in [0.25, 0.3) is 0 Å². The van der Waals surface area contributed by atoms with E-state index in [1.165, 1.54) is 28.2 Å². The molecule has 33 heavy (non-hydrogen) atoms. The Labute approximate surface area is 201 Å². The maximum absolute atomic E-state index is 12.6. The number of benzene rings is 1. The number of rotatable bonds is 7. The minimum atomic E-state index is -0.271. The molecule has 3 aromatic rings. The molecule has 174 valence electrons. The second kappa shape index (κ2) is 10.4. The van der Waals surface area contributed by atoms with Crippen molar-refractivity contribution in [2.75, 3.05) is 25.0 Å². The molecular formula is C23H27N5O3S2. The van der Waals surface area contributed by atoms with Gasteiger partial charge in [-0.1, -0.05) is 24.3 Å². The van der Waals surface area contributed by atoms with Crippen molar-refractivity contribution < 1.29 is 14.3 Å². The van der Waals surface area contributed by atoms with Gasteiger partial charge in [0.1, 0.15) is 16.5 Å². The fraction of sp³-hybridized carbons (Fsp3) is 0.435. The number of carbonyl (C=O) groups excluding carboxylic acids is 2. The third-order valence-electron chi connectivity index (χ3n) is 5.78. The van der Waals surface area contributed by atoms with E-state index in [1.54, 1.807) is 5.38 Å². The fourth-order valence-corrected chi connectivity index (χ4v) is 5.25. The van der Waals surface area contributed by atoms with Gasteiger partial charge in [0.2, 0.25) is 5.13 Å². The van der Waals surface area contributed by atoms with Gasteiger partial charge in [-0.2, -0.15) is 0 Å². The number of aromatic nitrogens is 3. The summed E-state index contributed by atoms with van der Waals surface area (Å²) >= 11 is 2.86. The Morgan fingerprint density at radius 2 is 1.97 bits per heavy atom. The van der Waals surface area contributed by atoms with Gasteiger partial charge in [-0.05, 0) is 56.4 Å². The molecule has 1 aliphatic rings. The number of hydrogen-bond donors (Lipinski definition) is 1. The molecule has 0 radical (unpaired) electrons. The van der Waals surface area contributed by atoms with E-state index in [0.717, 1.165) is 40.6 Å². The zero-order valence-electron chi connectivity index (χ0n) is 19.0. The monoisotopic (exact) mass is 485 g/mol. The minimum absolute atomic E-state index is 0.00519. The standard InChI is InChI=1S/C23H27N5O3S2/c1-4-19-26-27-23(33-19)25-21(30)18-13-32-22(24-18)16-7-9-28(10-8-16)20(29)12-31-17-6-5-14(2)15(3)11-17/h5-6,11,13,16H,4,7-10,12H2,1-3H3,(H,25,27,30). The van der Waals surface area contributed by atoms with E-state index in [0.29, 0.717) is 23.9 Å². The molecule has 0 atom stereocenters. The third-order valence-corrected chi connectivity index (χ3v) is 7.77. The number of nitrogens with zero attached hydrogens (tertiary/aromatic N) is 4. The lowest BCUT2D eigenvalue weighted by molar-refractivity contribution is -0.134. The Bertz CT molecular complexity index is 1130. The topological polar surface area (TPSA) is 97.3 Å². The van der Waals surface area contributed by atoms with Gasteiger partial charge in [0.25, 0.3) is 11.8 Å². The Morgan fingerprint density at radius 1 is 1.18 bits per heavy atom. The van der Waals surface area contributed by atoms with Gasteiger partial charge in [0.05, 0.1) is 5.01 Å². The van der Waals surface area contributed by atoms with Gasteiger partial charge in [-0.25, -0.2) is 4.98 Å². The second-order valence-corrected chi connectivity index (χ2v) is 10.0. The molecule has 1 aliphatic heterocycles. The van der Waals surface area contributed by atoms with Gasteiger partial charge in [0, 0.05) is 24.4 Å². The van der Waals surface area contributed by atoms with Gasteiger partial charge in [-0.15, -0.1) is 21.5 Å². The van der Waals surface area contributed by atoms with E-state index >= 15 is 0 Å². The predicted molar refractivity (Wildman–Crippen MR) is 129 cm³/mol. The molecule has 0 unspecified atom stereocenters. The highest BCUT2D eigenvalue weighted by Crippen LogP contribution is 2.31. The summed E-state index contributed by atoms with van der Waals surface area (Å²) in [6.45, 7) is 7.43. The van der Waals surface area contributed by atoms with Crippen molar-refractivity contribution in [2.24, 2.45) is 0 Å². The van der Waals surface area contributed by atoms with E-state index in [4.69, 9.17) is 4.74 Å². The summed E-state index contributed by atoms with van der Waals surface area (Å²) in [5.41, 5.74) is 2.74. The lowest BCUT2D eigenvalue weighted by Gasteiger charge is -2.31. The highest BCUT2D eigenvalue weighted by Gasteiger charge is 2.26.